The minimum absolute atomic E-state index is 0.0206. The molecule has 0 spiro atoms. The Kier molecular flexibility index (Phi) is 11.9. The average molecular weight is 578 g/mol. The van der Waals surface area contributed by atoms with E-state index in [-0.39, 0.29) is 54.6 Å². The molecule has 0 fully saturated rings. The molecule has 0 saturated carbocycles. The van der Waals surface area contributed by atoms with Crippen LogP contribution in [0.5, 0.6) is 5.75 Å². The summed E-state index contributed by atoms with van der Waals surface area (Å²) in [6.07, 6.45) is 6.46. The highest BCUT2D eigenvalue weighted by Crippen LogP contribution is 2.27. The summed E-state index contributed by atoms with van der Waals surface area (Å²) in [6.45, 7) is 2.58. The van der Waals surface area contributed by atoms with Crippen molar-refractivity contribution in [3.8, 4) is 5.75 Å². The number of carboxylic acids is 1. The molecule has 0 unspecified atom stereocenters. The van der Waals surface area contributed by atoms with E-state index in [0.717, 1.165) is 36.4 Å². The molecule has 1 aliphatic rings. The zero-order valence-corrected chi connectivity index (χ0v) is 23.5. The number of aromatic hydroxyl groups is 1. The minimum Gasteiger partial charge on any atom is -0.508 e. The summed E-state index contributed by atoms with van der Waals surface area (Å²) in [5.41, 5.74) is 1.15. The molecule has 12 heteroatoms. The summed E-state index contributed by atoms with van der Waals surface area (Å²) in [7, 11) is 0. The van der Waals surface area contributed by atoms with Gasteiger partial charge >= 0.3 is 5.97 Å². The first-order chi connectivity index (χ1) is 20.2. The van der Waals surface area contributed by atoms with Crippen LogP contribution in [0.1, 0.15) is 67.8 Å². The zero-order chi connectivity index (χ0) is 30.5. The second kappa shape index (κ2) is 15.8. The number of benzene rings is 2. The number of amides is 4. The summed E-state index contributed by atoms with van der Waals surface area (Å²) < 4.78 is 0. The van der Waals surface area contributed by atoms with Gasteiger partial charge in [-0.2, -0.15) is 10.1 Å². The van der Waals surface area contributed by atoms with Crippen LogP contribution in [-0.2, 0) is 25.6 Å². The molecule has 3 N–H and O–H groups in total. The molecule has 12 nitrogen and oxygen atoms in total. The highest BCUT2D eigenvalue weighted by molar-refractivity contribution is 6.13. The first kappa shape index (κ1) is 31.7. The Morgan fingerprint density at radius 2 is 1.64 bits per heavy atom. The normalized spacial score (nSPS) is 12.7. The van der Waals surface area contributed by atoms with Gasteiger partial charge in [0.15, 0.2) is 0 Å². The number of phenols is 1. The Bertz CT molecular complexity index is 1350. The maximum Gasteiger partial charge on any atom is 0.337 e. The van der Waals surface area contributed by atoms with Gasteiger partial charge in [-0.3, -0.25) is 19.2 Å². The van der Waals surface area contributed by atoms with Crippen LogP contribution in [0.3, 0.4) is 0 Å². The second-order valence-electron chi connectivity index (χ2n) is 9.69. The van der Waals surface area contributed by atoms with Crippen LogP contribution in [0.4, 0.5) is 11.4 Å². The van der Waals surface area contributed by atoms with Gasteiger partial charge in [0.2, 0.25) is 11.8 Å². The number of hydrogen-bond acceptors (Lipinski definition) is 8. The lowest BCUT2D eigenvalue weighted by Gasteiger charge is -2.30. The fraction of sp³-hybridized carbons (Fsp3) is 0.367. The number of aromatic carboxylic acids is 1. The number of aryl methyl sites for hydroxylation is 1. The lowest BCUT2D eigenvalue weighted by atomic mass is 10.1. The second-order valence-corrected chi connectivity index (χ2v) is 9.69. The number of imide groups is 1. The lowest BCUT2D eigenvalue weighted by molar-refractivity contribution is -0.167. The Morgan fingerprint density at radius 3 is 2.36 bits per heavy atom. The Morgan fingerprint density at radius 1 is 0.929 bits per heavy atom. The first-order valence-electron chi connectivity index (χ1n) is 13.9. The summed E-state index contributed by atoms with van der Waals surface area (Å²) >= 11 is 0. The number of azo groups is 1. The molecular weight excluding hydrogens is 542 g/mol. The van der Waals surface area contributed by atoms with Crippen LogP contribution < -0.4 is 5.32 Å². The number of nitrogens with zero attached hydrogens (tertiary/aromatic N) is 4. The van der Waals surface area contributed by atoms with E-state index < -0.39 is 17.8 Å². The van der Waals surface area contributed by atoms with Gasteiger partial charge in [-0.15, -0.1) is 5.11 Å². The molecule has 0 bridgehead atoms. The molecule has 2 aromatic rings. The summed E-state index contributed by atoms with van der Waals surface area (Å²) in [6, 6.07) is 10.8. The number of hydrazine groups is 1. The number of unbranched alkanes of at least 4 members (excludes halogenated alkanes) is 3. The van der Waals surface area contributed by atoms with Crippen molar-refractivity contribution in [1.82, 2.24) is 15.3 Å². The van der Waals surface area contributed by atoms with E-state index in [4.69, 9.17) is 0 Å². The quantitative estimate of drug-likeness (QED) is 0.149. The molecule has 0 aromatic heterocycles. The molecule has 0 radical (unpaired) electrons. The zero-order valence-electron chi connectivity index (χ0n) is 23.5. The number of carboxylic acid groups (broad SMARTS) is 1. The number of carbonyl (C=O) groups is 5. The summed E-state index contributed by atoms with van der Waals surface area (Å²) in [5.74, 6) is -2.56. The number of nitrogens with one attached hydrogen (secondary N) is 1. The van der Waals surface area contributed by atoms with Crippen LogP contribution in [0.15, 0.2) is 64.8 Å². The van der Waals surface area contributed by atoms with Crippen LogP contribution >= 0.6 is 0 Å². The topological polar surface area (TPSA) is 169 Å². The van der Waals surface area contributed by atoms with Gasteiger partial charge < -0.3 is 15.5 Å². The molecule has 3 rings (SSSR count). The molecule has 0 aliphatic carbocycles. The van der Waals surface area contributed by atoms with Crippen LogP contribution in [0.2, 0.25) is 0 Å². The van der Waals surface area contributed by atoms with E-state index in [1.165, 1.54) is 17.1 Å². The molecule has 1 aliphatic heterocycles. The van der Waals surface area contributed by atoms with E-state index in [1.54, 1.807) is 30.3 Å². The third-order valence-electron chi connectivity index (χ3n) is 6.49. The third-order valence-corrected chi connectivity index (χ3v) is 6.49. The predicted octanol–water partition coefficient (Wildman–Crippen LogP) is 4.58. The first-order valence-corrected chi connectivity index (χ1v) is 13.9. The van der Waals surface area contributed by atoms with Crippen molar-refractivity contribution < 1.29 is 34.2 Å². The Balaban J connectivity index is 1.39. The Hall–Kier alpha value is -4.87. The smallest absolute Gasteiger partial charge is 0.337 e. The van der Waals surface area contributed by atoms with Gasteiger partial charge in [-0.25, -0.2) is 9.80 Å². The van der Waals surface area contributed by atoms with Gasteiger partial charge in [-0.1, -0.05) is 31.9 Å². The molecule has 4 amide bonds. The fourth-order valence-electron chi connectivity index (χ4n) is 4.30. The van der Waals surface area contributed by atoms with E-state index in [9.17, 15) is 34.2 Å². The van der Waals surface area contributed by atoms with Crippen LogP contribution in [0, 0.1) is 0 Å². The number of phenolic OH excluding ortho intramolecular Hbond substituents is 1. The van der Waals surface area contributed by atoms with E-state index in [1.807, 2.05) is 6.92 Å². The van der Waals surface area contributed by atoms with E-state index >= 15 is 0 Å². The van der Waals surface area contributed by atoms with Crippen LogP contribution in [-0.4, -0.2) is 62.9 Å². The molecule has 1 heterocycles. The van der Waals surface area contributed by atoms with Crippen molar-refractivity contribution in [2.24, 2.45) is 10.2 Å². The highest BCUT2D eigenvalue weighted by Gasteiger charge is 2.32. The molecule has 2 aromatic carbocycles. The number of rotatable bonds is 16. The van der Waals surface area contributed by atoms with Gasteiger partial charge in [-0.05, 0) is 61.6 Å². The average Bonchev–Trinajstić information content (AvgIpc) is 3.30. The van der Waals surface area contributed by atoms with Crippen molar-refractivity contribution in [3.05, 3.63) is 65.7 Å². The van der Waals surface area contributed by atoms with Crippen molar-refractivity contribution in [3.63, 3.8) is 0 Å². The van der Waals surface area contributed by atoms with Gasteiger partial charge in [0.25, 0.3) is 11.8 Å². The highest BCUT2D eigenvalue weighted by atomic mass is 16.4. The molecule has 222 valence electrons. The standard InChI is InChI=1S/C30H35N5O7/c1-2-9-27(38)34(35-28(39)16-17-29(35)40)19-8-4-3-7-18-31-26(37)15-12-21-20-22(13-14-25(21)36)32-33-24-11-6-5-10-23(24)30(41)42/h5-6,10-11,13-14,16-17,20,36H,2-4,7-9,12,15,18-19H2,1H3,(H,31,37)(H,41,42). The largest absolute Gasteiger partial charge is 0.508 e. The monoisotopic (exact) mass is 577 g/mol. The number of carbonyl (C=O) groups excluding carboxylic acids is 4. The fourth-order valence-corrected chi connectivity index (χ4v) is 4.30. The van der Waals surface area contributed by atoms with Crippen molar-refractivity contribution >= 4 is 41.0 Å². The summed E-state index contributed by atoms with van der Waals surface area (Å²) in [5, 5.41) is 32.6. The third kappa shape index (κ3) is 9.08. The lowest BCUT2D eigenvalue weighted by Crippen LogP contribution is -2.50. The SMILES string of the molecule is CCCC(=O)N(CCCCCCNC(=O)CCc1cc(N=Nc2ccccc2C(=O)O)ccc1O)N1C(=O)C=CC1=O. The minimum atomic E-state index is -1.11. The summed E-state index contributed by atoms with van der Waals surface area (Å²) in [4.78, 5) is 60.2. The van der Waals surface area contributed by atoms with Crippen molar-refractivity contribution in [1.29, 1.82) is 0 Å². The van der Waals surface area contributed by atoms with Gasteiger partial charge in [0.1, 0.15) is 11.4 Å². The van der Waals surface area contributed by atoms with E-state index in [2.05, 4.69) is 15.5 Å². The molecule has 42 heavy (non-hydrogen) atoms. The van der Waals surface area contributed by atoms with Gasteiger partial charge in [0, 0.05) is 38.1 Å². The molecular formula is C30H35N5O7. The molecule has 0 atom stereocenters. The predicted molar refractivity (Wildman–Crippen MR) is 153 cm³/mol. The maximum absolute atomic E-state index is 12.5. The van der Waals surface area contributed by atoms with E-state index in [0.29, 0.717) is 30.6 Å². The Labute approximate surface area is 243 Å². The van der Waals surface area contributed by atoms with Crippen LogP contribution in [0.25, 0.3) is 0 Å². The number of hydrogen-bond donors (Lipinski definition) is 3. The maximum atomic E-state index is 12.5. The van der Waals surface area contributed by atoms with Gasteiger partial charge in [0.05, 0.1) is 11.3 Å². The van der Waals surface area contributed by atoms with Crippen molar-refractivity contribution in [2.45, 2.75) is 58.3 Å². The molecule has 0 saturated heterocycles. The van der Waals surface area contributed by atoms with Crippen molar-refractivity contribution in [2.75, 3.05) is 13.1 Å².